The first-order chi connectivity index (χ1) is 21.6. The number of carbonyl (C=O) groups excluding carboxylic acids is 2. The van der Waals surface area contributed by atoms with Crippen LogP contribution < -0.4 is 14.4 Å². The van der Waals surface area contributed by atoms with E-state index in [4.69, 9.17) is 16.3 Å². The Morgan fingerprint density at radius 2 is 1.40 bits per heavy atom. The van der Waals surface area contributed by atoms with Gasteiger partial charge in [0.25, 0.3) is 10.0 Å². The van der Waals surface area contributed by atoms with Gasteiger partial charge in [-0.1, -0.05) is 87.0 Å². The lowest BCUT2D eigenvalue weighted by molar-refractivity contribution is -0.140. The van der Waals surface area contributed by atoms with Crippen molar-refractivity contribution in [2.45, 2.75) is 44.7 Å². The second-order valence-corrected chi connectivity index (χ2v) is 13.2. The SMILES string of the molecule is CC[C@@H](C(=O)NCC(C)C)N(Cc1ccccc1Cl)C(=O)CN(c1ccc(Oc2ccccc2)cc1)S(=O)(=O)c1ccccc1. The molecule has 0 aliphatic carbocycles. The summed E-state index contributed by atoms with van der Waals surface area (Å²) in [5.74, 6) is 0.476. The van der Waals surface area contributed by atoms with Gasteiger partial charge < -0.3 is 15.0 Å². The number of rotatable bonds is 14. The number of para-hydroxylation sites is 1. The number of hydrogen-bond donors (Lipinski definition) is 1. The van der Waals surface area contributed by atoms with Crippen LogP contribution in [-0.4, -0.2) is 44.3 Å². The molecular formula is C35H38ClN3O5S. The fraction of sp³-hybridized carbons (Fsp3) is 0.257. The normalized spacial score (nSPS) is 11.9. The van der Waals surface area contributed by atoms with E-state index in [9.17, 15) is 18.0 Å². The molecule has 0 aliphatic rings. The minimum atomic E-state index is -4.19. The largest absolute Gasteiger partial charge is 0.457 e. The third kappa shape index (κ3) is 8.86. The molecule has 4 rings (SSSR count). The van der Waals surface area contributed by atoms with Crippen LogP contribution in [0.15, 0.2) is 114 Å². The maximum Gasteiger partial charge on any atom is 0.264 e. The first kappa shape index (κ1) is 33.6. The van der Waals surface area contributed by atoms with Crippen molar-refractivity contribution in [3.8, 4) is 11.5 Å². The van der Waals surface area contributed by atoms with E-state index < -0.39 is 28.5 Å². The average molecular weight is 648 g/mol. The van der Waals surface area contributed by atoms with Crippen molar-refractivity contribution in [1.29, 1.82) is 0 Å². The number of hydrogen-bond acceptors (Lipinski definition) is 5. The Morgan fingerprint density at radius 3 is 2.00 bits per heavy atom. The van der Waals surface area contributed by atoms with Gasteiger partial charge in [0.05, 0.1) is 10.6 Å². The van der Waals surface area contributed by atoms with Gasteiger partial charge >= 0.3 is 0 Å². The van der Waals surface area contributed by atoms with Crippen molar-refractivity contribution in [2.75, 3.05) is 17.4 Å². The highest BCUT2D eigenvalue weighted by molar-refractivity contribution is 7.92. The predicted octanol–water partition coefficient (Wildman–Crippen LogP) is 6.91. The Bertz CT molecular complexity index is 1670. The summed E-state index contributed by atoms with van der Waals surface area (Å²) in [6.45, 7) is 5.70. The zero-order valence-corrected chi connectivity index (χ0v) is 27.2. The molecule has 45 heavy (non-hydrogen) atoms. The molecule has 8 nitrogen and oxygen atoms in total. The molecule has 0 radical (unpaired) electrons. The summed E-state index contributed by atoms with van der Waals surface area (Å²) >= 11 is 6.47. The molecule has 0 heterocycles. The molecule has 4 aromatic carbocycles. The number of amides is 2. The van der Waals surface area contributed by atoms with Gasteiger partial charge in [0.15, 0.2) is 0 Å². The van der Waals surface area contributed by atoms with Crippen molar-refractivity contribution >= 4 is 39.1 Å². The van der Waals surface area contributed by atoms with Crippen LogP contribution in [0.25, 0.3) is 0 Å². The highest BCUT2D eigenvalue weighted by Crippen LogP contribution is 2.29. The number of ether oxygens (including phenoxy) is 1. The number of anilines is 1. The van der Waals surface area contributed by atoms with Gasteiger partial charge in [0.2, 0.25) is 11.8 Å². The molecule has 0 aromatic heterocycles. The van der Waals surface area contributed by atoms with E-state index in [2.05, 4.69) is 5.32 Å². The molecule has 0 unspecified atom stereocenters. The van der Waals surface area contributed by atoms with Crippen LogP contribution in [0.3, 0.4) is 0 Å². The number of nitrogens with zero attached hydrogens (tertiary/aromatic N) is 2. The smallest absolute Gasteiger partial charge is 0.264 e. The second-order valence-electron chi connectivity index (χ2n) is 10.9. The van der Waals surface area contributed by atoms with Gasteiger partial charge in [-0.05, 0) is 72.5 Å². The quantitative estimate of drug-likeness (QED) is 0.161. The number of benzene rings is 4. The van der Waals surface area contributed by atoms with E-state index in [-0.39, 0.29) is 29.0 Å². The second kappa shape index (κ2) is 15.6. The minimum Gasteiger partial charge on any atom is -0.457 e. The summed E-state index contributed by atoms with van der Waals surface area (Å²) in [6, 6.07) is 29.9. The third-order valence-electron chi connectivity index (χ3n) is 7.08. The van der Waals surface area contributed by atoms with E-state index in [0.717, 1.165) is 4.31 Å². The summed E-state index contributed by atoms with van der Waals surface area (Å²) in [5.41, 5.74) is 0.908. The van der Waals surface area contributed by atoms with Gasteiger partial charge in [-0.2, -0.15) is 0 Å². The van der Waals surface area contributed by atoms with Crippen LogP contribution in [0.4, 0.5) is 5.69 Å². The van der Waals surface area contributed by atoms with Crippen LogP contribution >= 0.6 is 11.6 Å². The number of nitrogens with one attached hydrogen (secondary N) is 1. The monoisotopic (exact) mass is 647 g/mol. The van der Waals surface area contributed by atoms with Gasteiger partial charge in [-0.25, -0.2) is 8.42 Å². The Kier molecular flexibility index (Phi) is 11.6. The summed E-state index contributed by atoms with van der Waals surface area (Å²) < 4.78 is 35.1. The Labute approximate surface area is 270 Å². The van der Waals surface area contributed by atoms with E-state index in [1.807, 2.05) is 51.1 Å². The molecule has 236 valence electrons. The maximum atomic E-state index is 14.2. The Hall–Kier alpha value is -4.34. The van der Waals surface area contributed by atoms with Crippen molar-refractivity contribution in [3.05, 3.63) is 120 Å². The number of sulfonamides is 1. The lowest BCUT2D eigenvalue weighted by Gasteiger charge is -2.33. The van der Waals surface area contributed by atoms with Crippen LogP contribution in [0.2, 0.25) is 5.02 Å². The van der Waals surface area contributed by atoms with E-state index in [0.29, 0.717) is 35.1 Å². The average Bonchev–Trinajstić information content (AvgIpc) is 3.04. The zero-order chi connectivity index (χ0) is 32.4. The van der Waals surface area contributed by atoms with Gasteiger partial charge in [-0.15, -0.1) is 0 Å². The molecule has 0 saturated carbocycles. The molecule has 4 aromatic rings. The van der Waals surface area contributed by atoms with Crippen molar-refractivity contribution in [2.24, 2.45) is 5.92 Å². The summed E-state index contributed by atoms with van der Waals surface area (Å²) in [6.07, 6.45) is 0.317. The fourth-order valence-corrected chi connectivity index (χ4v) is 6.34. The summed E-state index contributed by atoms with van der Waals surface area (Å²) in [5, 5.41) is 3.36. The van der Waals surface area contributed by atoms with E-state index >= 15 is 0 Å². The predicted molar refractivity (Wildman–Crippen MR) is 178 cm³/mol. The van der Waals surface area contributed by atoms with Gasteiger partial charge in [0.1, 0.15) is 24.1 Å². The molecular weight excluding hydrogens is 610 g/mol. The molecule has 0 saturated heterocycles. The Morgan fingerprint density at radius 1 is 0.822 bits per heavy atom. The molecule has 10 heteroatoms. The number of halogens is 1. The van der Waals surface area contributed by atoms with Gasteiger partial charge in [0, 0.05) is 18.1 Å². The highest BCUT2D eigenvalue weighted by atomic mass is 35.5. The van der Waals surface area contributed by atoms with Gasteiger partial charge in [-0.3, -0.25) is 13.9 Å². The van der Waals surface area contributed by atoms with Crippen LogP contribution in [0.5, 0.6) is 11.5 Å². The molecule has 0 fully saturated rings. The topological polar surface area (TPSA) is 96.0 Å². The molecule has 1 N–H and O–H groups in total. The Balaban J connectivity index is 1.71. The molecule has 2 amide bonds. The van der Waals surface area contributed by atoms with Crippen molar-refractivity contribution in [1.82, 2.24) is 10.2 Å². The van der Waals surface area contributed by atoms with E-state index in [1.54, 1.807) is 66.7 Å². The van der Waals surface area contributed by atoms with Crippen LogP contribution in [-0.2, 0) is 26.2 Å². The molecule has 1 atom stereocenters. The minimum absolute atomic E-state index is 0.0230. The van der Waals surface area contributed by atoms with E-state index in [1.165, 1.54) is 17.0 Å². The third-order valence-corrected chi connectivity index (χ3v) is 9.24. The lowest BCUT2D eigenvalue weighted by Crippen LogP contribution is -2.52. The first-order valence-corrected chi connectivity index (χ1v) is 16.6. The fourth-order valence-electron chi connectivity index (χ4n) is 4.71. The van der Waals surface area contributed by atoms with Crippen molar-refractivity contribution < 1.29 is 22.7 Å². The first-order valence-electron chi connectivity index (χ1n) is 14.8. The van der Waals surface area contributed by atoms with Crippen molar-refractivity contribution in [3.63, 3.8) is 0 Å². The summed E-state index contributed by atoms with van der Waals surface area (Å²) in [4.78, 5) is 29.1. The standard InChI is InChI=1S/C35H38ClN3O5S/c1-4-33(35(41)37-23-26(2)3)38(24-27-13-11-12-18-32(27)36)34(40)25-39(45(42,43)31-16-9-6-10-17-31)28-19-21-30(22-20-28)44-29-14-7-5-8-15-29/h5-22,26,33H,4,23-25H2,1-3H3,(H,37,41)/t33-/m0/s1. The molecule has 0 spiro atoms. The summed E-state index contributed by atoms with van der Waals surface area (Å²) in [7, 11) is -4.19. The van der Waals surface area contributed by atoms with Crippen LogP contribution in [0.1, 0.15) is 32.8 Å². The molecule has 0 bridgehead atoms. The highest BCUT2D eigenvalue weighted by Gasteiger charge is 2.34. The lowest BCUT2D eigenvalue weighted by atomic mass is 10.1. The van der Waals surface area contributed by atoms with Crippen LogP contribution in [0, 0.1) is 5.92 Å². The maximum absolute atomic E-state index is 14.2. The zero-order valence-electron chi connectivity index (χ0n) is 25.6. The number of carbonyl (C=O) groups is 2. The molecule has 0 aliphatic heterocycles.